The number of carbonyl (C=O) groups excluding carboxylic acids is 7. The molecule has 26 nitrogen and oxygen atoms in total. The summed E-state index contributed by atoms with van der Waals surface area (Å²) in [4.78, 5) is 104. The van der Waals surface area contributed by atoms with Gasteiger partial charge in [0.25, 0.3) is 5.91 Å². The van der Waals surface area contributed by atoms with Crippen molar-refractivity contribution in [3.63, 3.8) is 0 Å². The number of ether oxygens (including phenoxy) is 3. The van der Waals surface area contributed by atoms with Gasteiger partial charge < -0.3 is 92.3 Å². The van der Waals surface area contributed by atoms with Crippen molar-refractivity contribution in [3.05, 3.63) is 108 Å². The number of fused-ring (bicyclic) bond motifs is 2. The smallest absolute Gasteiger partial charge is 0.251 e. The lowest BCUT2D eigenvalue weighted by Gasteiger charge is -2.34. The maximum atomic E-state index is 14.9. The number of benzene rings is 4. The normalized spacial score (nSPS) is 26.8. The molecule has 0 spiro atoms. The number of hydrogen-bond acceptors (Lipinski definition) is 20. The van der Waals surface area contributed by atoms with Crippen LogP contribution in [0.15, 0.2) is 97.1 Å². The Bertz CT molecular complexity index is 3050. The average molecular weight is 1270 g/mol. The lowest BCUT2D eigenvalue weighted by Crippen LogP contribution is -2.64. The maximum absolute atomic E-state index is 14.9. The van der Waals surface area contributed by atoms with Crippen molar-refractivity contribution in [2.24, 2.45) is 23.5 Å². The highest BCUT2D eigenvalue weighted by Gasteiger charge is 2.51. The van der Waals surface area contributed by atoms with Crippen LogP contribution in [0.5, 0.6) is 11.5 Å². The number of rotatable bonds is 23. The minimum absolute atomic E-state index is 0.0473. The third kappa shape index (κ3) is 18.8. The van der Waals surface area contributed by atoms with E-state index >= 15 is 0 Å². The van der Waals surface area contributed by atoms with E-state index in [1.807, 2.05) is 48.5 Å². The summed E-state index contributed by atoms with van der Waals surface area (Å²) in [5.41, 5.74) is 8.99. The van der Waals surface area contributed by atoms with Crippen molar-refractivity contribution < 1.29 is 88.6 Å². The number of Topliss-reactive ketones (excluding diaryl/α,β-unsaturated/α-hetero) is 1. The molecule has 3 aliphatic rings. The number of nitrogens with two attached hydrogens (primary N) is 1. The molecule has 0 radical (unpaired) electrons. The molecule has 16 N–H and O–H groups in total. The summed E-state index contributed by atoms with van der Waals surface area (Å²) < 4.78 is 16.9. The van der Waals surface area contributed by atoms with Gasteiger partial charge >= 0.3 is 0 Å². The van der Waals surface area contributed by atoms with Crippen molar-refractivity contribution in [1.82, 2.24) is 36.8 Å². The third-order valence-electron chi connectivity index (χ3n) is 16.7. The van der Waals surface area contributed by atoms with Gasteiger partial charge in [-0.2, -0.15) is 0 Å². The van der Waals surface area contributed by atoms with E-state index < -0.39 is 157 Å². The molecule has 1 saturated carbocycles. The van der Waals surface area contributed by atoms with E-state index in [0.29, 0.717) is 6.61 Å². The van der Waals surface area contributed by atoms with Crippen LogP contribution in [-0.2, 0) is 38.2 Å². The van der Waals surface area contributed by atoms with Gasteiger partial charge in [0.05, 0.1) is 69.5 Å². The highest BCUT2D eigenvalue weighted by molar-refractivity contribution is 6.01. The largest absolute Gasteiger partial charge is 0.508 e. The first kappa shape index (κ1) is 71.0. The van der Waals surface area contributed by atoms with Gasteiger partial charge in [0.15, 0.2) is 5.78 Å². The third-order valence-corrected chi connectivity index (χ3v) is 16.7. The van der Waals surface area contributed by atoms with Gasteiger partial charge in [0.2, 0.25) is 29.5 Å². The van der Waals surface area contributed by atoms with E-state index in [4.69, 9.17) is 19.9 Å². The molecular formula is C65H88N8O18. The molecule has 2 heterocycles. The fourth-order valence-electron chi connectivity index (χ4n) is 11.5. The quantitative estimate of drug-likeness (QED) is 0.0422. The maximum Gasteiger partial charge on any atom is 0.251 e. The number of carbonyl (C=O) groups is 7. The first-order valence-electron chi connectivity index (χ1n) is 31.0. The second-order valence-electron chi connectivity index (χ2n) is 23.6. The number of phenolic OH excluding ortho intramolecular Hbond substituents is 1. The molecule has 26 heteroatoms. The van der Waals surface area contributed by atoms with E-state index in [2.05, 4.69) is 38.8 Å². The fraction of sp³-hybridized carbons (Fsp3) is 0.523. The number of aliphatic hydroxyl groups is 7. The molecule has 4 aromatic rings. The van der Waals surface area contributed by atoms with Crippen molar-refractivity contribution in [3.8, 4) is 33.8 Å². The number of aliphatic hydroxyl groups excluding tert-OH is 7. The molecule has 7 unspecified atom stereocenters. The van der Waals surface area contributed by atoms with Crippen molar-refractivity contribution in [2.75, 3.05) is 52.7 Å². The Morgan fingerprint density at radius 1 is 0.648 bits per heavy atom. The number of ketones is 1. The van der Waals surface area contributed by atoms with Crippen LogP contribution < -0.4 is 42.4 Å². The zero-order chi connectivity index (χ0) is 66.1. The summed E-state index contributed by atoms with van der Waals surface area (Å²) in [7, 11) is 0. The zero-order valence-electron chi connectivity index (χ0n) is 51.6. The Morgan fingerprint density at radius 3 is 1.80 bits per heavy atom. The van der Waals surface area contributed by atoms with Crippen molar-refractivity contribution >= 4 is 41.2 Å². The Labute approximate surface area is 528 Å². The monoisotopic (exact) mass is 1270 g/mol. The summed E-state index contributed by atoms with van der Waals surface area (Å²) in [6.07, 6.45) is -12.6. The minimum atomic E-state index is -2.28. The van der Waals surface area contributed by atoms with Gasteiger partial charge in [-0.3, -0.25) is 38.9 Å². The van der Waals surface area contributed by atoms with E-state index in [0.717, 1.165) is 66.0 Å². The molecule has 0 bridgehead atoms. The van der Waals surface area contributed by atoms with E-state index in [9.17, 15) is 74.4 Å². The van der Waals surface area contributed by atoms with Crippen LogP contribution >= 0.6 is 0 Å². The zero-order valence-corrected chi connectivity index (χ0v) is 51.6. The van der Waals surface area contributed by atoms with Gasteiger partial charge in [0, 0.05) is 43.5 Å². The van der Waals surface area contributed by atoms with Crippen LogP contribution in [0.2, 0.25) is 0 Å². The Morgan fingerprint density at radius 2 is 1.21 bits per heavy atom. The van der Waals surface area contributed by atoms with Gasteiger partial charge in [-0.15, -0.1) is 0 Å². The van der Waals surface area contributed by atoms with Crippen LogP contribution in [0.3, 0.4) is 0 Å². The predicted molar refractivity (Wildman–Crippen MR) is 331 cm³/mol. The molecule has 2 saturated heterocycles. The molecule has 3 fully saturated rings. The molecule has 1 aliphatic carbocycles. The first-order valence-corrected chi connectivity index (χ1v) is 31.0. The molecule has 496 valence electrons. The van der Waals surface area contributed by atoms with Crippen LogP contribution in [-0.4, -0.2) is 213 Å². The fourth-order valence-corrected chi connectivity index (χ4v) is 11.5. The van der Waals surface area contributed by atoms with Gasteiger partial charge in [-0.25, -0.2) is 0 Å². The summed E-state index contributed by atoms with van der Waals surface area (Å²) in [6, 6.07) is 17.1. The van der Waals surface area contributed by atoms with Crippen molar-refractivity contribution in [2.45, 2.75) is 145 Å². The summed E-state index contributed by atoms with van der Waals surface area (Å²) in [5, 5.41) is 106. The number of phenols is 1. The SMILES string of the molecule is CCCCCOc1ccc(-c2ccc(-c3ccc(C(=O)N[C@H]4C[C@@H](O)C(NCCOCCOCCN)NC(=O)C5[C@@H](O)[C@@H](C)CN5C(=O)C([C@@H](C)O)NC(=O)C([C@H](O)[C@@H](O)c5ccc(O)cc5)NC(=O)C5C[C@@H](O)CC5C(=O)C([C@@H](C)O)NC4=O)cc3)cc2)cc1. The van der Waals surface area contributed by atoms with Gasteiger partial charge in [-0.1, -0.05) is 87.4 Å². The second-order valence-corrected chi connectivity index (χ2v) is 23.6. The molecular weight excluding hydrogens is 1180 g/mol. The van der Waals surface area contributed by atoms with Crippen LogP contribution in [0, 0.1) is 17.8 Å². The molecule has 2 aliphatic heterocycles. The standard InChI is InChI=1S/C65H88N8O18/c1-5-6-7-26-91-46-22-18-41(19-23-46)39-10-8-38(9-11-39)40-12-14-43(15-13-40)60(83)68-49-33-50(78)59(67-25-28-90-30-29-89-27-24-66)72-64(87)54-55(79)35(2)34-73(54)65(88)52(37(4)75)70-63(86)53(58(82)56(80)42-16-20-44(76)21-17-42)71-61(84)48-32-45(77)31-47(48)57(81)51(36(3)74)69-62(49)85/h8-23,35-37,45,47-56,58-59,67,74-80,82H,5-7,24-34,66H2,1-4H3,(H,68,83)(H,69,85)(H,70,86)(H,71,84)(H,72,87)/t35-,36+,37+,45-,47?,48?,49-,50+,51?,52?,53?,54?,55-,56-,58-,59?/m0/s1. The predicted octanol–water partition coefficient (Wildman–Crippen LogP) is -0.343. The van der Waals surface area contributed by atoms with Crippen LogP contribution in [0.4, 0.5) is 0 Å². The molecule has 7 rings (SSSR count). The summed E-state index contributed by atoms with van der Waals surface area (Å²) in [6.45, 7) is 6.94. The number of aromatic hydroxyl groups is 1. The Hall–Kier alpha value is -7.47. The molecule has 16 atom stereocenters. The number of amides is 6. The molecule has 91 heavy (non-hydrogen) atoms. The van der Waals surface area contributed by atoms with Crippen molar-refractivity contribution in [1.29, 1.82) is 0 Å². The number of nitrogens with one attached hydrogen (secondary N) is 6. The topological polar surface area (TPSA) is 410 Å². The van der Waals surface area contributed by atoms with Crippen LogP contribution in [0.1, 0.15) is 88.2 Å². The highest BCUT2D eigenvalue weighted by Crippen LogP contribution is 2.36. The summed E-state index contributed by atoms with van der Waals surface area (Å²) >= 11 is 0. The Kier molecular flexibility index (Phi) is 26.3. The lowest BCUT2D eigenvalue weighted by molar-refractivity contribution is -0.147. The lowest BCUT2D eigenvalue weighted by atomic mass is 9.85. The van der Waals surface area contributed by atoms with Gasteiger partial charge in [-0.05, 0) is 97.3 Å². The number of nitrogens with zero attached hydrogens (tertiary/aromatic N) is 1. The average Bonchev–Trinajstić information content (AvgIpc) is 1.73. The minimum Gasteiger partial charge on any atom is -0.508 e. The van der Waals surface area contributed by atoms with E-state index in [1.54, 1.807) is 12.1 Å². The Balaban J connectivity index is 1.23. The highest BCUT2D eigenvalue weighted by atomic mass is 16.5. The van der Waals surface area contributed by atoms with E-state index in [1.165, 1.54) is 43.3 Å². The summed E-state index contributed by atoms with van der Waals surface area (Å²) in [5.74, 6) is -11.0. The molecule has 0 aromatic heterocycles. The molecule has 4 aromatic carbocycles. The second kappa shape index (κ2) is 33.7. The van der Waals surface area contributed by atoms with E-state index in [-0.39, 0.29) is 62.9 Å². The van der Waals surface area contributed by atoms with Gasteiger partial charge in [0.1, 0.15) is 60.1 Å². The molecule has 6 amide bonds. The first-order chi connectivity index (χ1) is 43.5. The van der Waals surface area contributed by atoms with Crippen LogP contribution in [0.25, 0.3) is 22.3 Å². The number of hydrogen-bond donors (Lipinski definition) is 15. The number of unbranched alkanes of at least 4 members (excludes halogenated alkanes) is 2.